The first kappa shape index (κ1) is 19.0. The van der Waals surface area contributed by atoms with Crippen LogP contribution in [0.5, 0.6) is 0 Å². The monoisotopic (exact) mass is 304 g/mol. The van der Waals surface area contributed by atoms with Gasteiger partial charge in [0, 0.05) is 5.92 Å². The van der Waals surface area contributed by atoms with Gasteiger partial charge in [-0.2, -0.15) is 0 Å². The molecule has 0 saturated heterocycles. The van der Waals surface area contributed by atoms with Crippen molar-refractivity contribution in [2.45, 2.75) is 71.8 Å². The summed E-state index contributed by atoms with van der Waals surface area (Å²) in [5, 5.41) is 19.9. The molecule has 2 atom stereocenters. The van der Waals surface area contributed by atoms with E-state index in [1.54, 1.807) is 6.92 Å². The van der Waals surface area contributed by atoms with E-state index in [0.717, 1.165) is 38.5 Å². The minimum atomic E-state index is -1.08. The Morgan fingerprint density at radius 1 is 1.09 bits per heavy atom. The summed E-state index contributed by atoms with van der Waals surface area (Å²) in [6.07, 6.45) is 12.6. The topological polar surface area (TPSA) is 40.5 Å². The van der Waals surface area contributed by atoms with E-state index in [1.165, 1.54) is 16.7 Å². The predicted octanol–water partition coefficient (Wildman–Crippen LogP) is 4.69. The molecule has 0 spiro atoms. The van der Waals surface area contributed by atoms with E-state index in [2.05, 4.69) is 38.7 Å². The maximum atomic E-state index is 10.4. The Balaban J connectivity index is 3.00. The van der Waals surface area contributed by atoms with Crippen LogP contribution in [0.25, 0.3) is 0 Å². The SMILES string of the molecule is CC1=C=CC(C(C)(O)CO)CC/C(C)=C/CC/C(C)=C/CC1. The summed E-state index contributed by atoms with van der Waals surface area (Å²) in [5.74, 6) is -0.0731. The number of hydrogen-bond acceptors (Lipinski definition) is 2. The van der Waals surface area contributed by atoms with Gasteiger partial charge in [0.25, 0.3) is 0 Å². The van der Waals surface area contributed by atoms with Crippen LogP contribution in [0.15, 0.2) is 40.7 Å². The summed E-state index contributed by atoms with van der Waals surface area (Å²) in [5.41, 5.74) is 6.26. The second-order valence-electron chi connectivity index (χ2n) is 6.93. The molecule has 2 nitrogen and oxygen atoms in total. The lowest BCUT2D eigenvalue weighted by molar-refractivity contribution is -0.0337. The molecule has 22 heavy (non-hydrogen) atoms. The normalized spacial score (nSPS) is 29.4. The number of rotatable bonds is 2. The third-order valence-electron chi connectivity index (χ3n) is 4.54. The average Bonchev–Trinajstić information content (AvgIpc) is 2.46. The summed E-state index contributed by atoms with van der Waals surface area (Å²) < 4.78 is 0. The lowest BCUT2D eigenvalue weighted by Gasteiger charge is -2.28. The average molecular weight is 304 g/mol. The Hall–Kier alpha value is -1.08. The van der Waals surface area contributed by atoms with Crippen LogP contribution in [0.4, 0.5) is 0 Å². The summed E-state index contributed by atoms with van der Waals surface area (Å²) in [4.78, 5) is 0. The minimum absolute atomic E-state index is 0.0731. The molecule has 1 aliphatic carbocycles. The van der Waals surface area contributed by atoms with E-state index in [4.69, 9.17) is 0 Å². The third kappa shape index (κ3) is 6.79. The lowest BCUT2D eigenvalue weighted by atomic mass is 9.84. The highest BCUT2D eigenvalue weighted by Crippen LogP contribution is 2.26. The smallest absolute Gasteiger partial charge is 0.0917 e. The highest BCUT2D eigenvalue weighted by atomic mass is 16.3. The van der Waals surface area contributed by atoms with Crippen molar-refractivity contribution in [2.24, 2.45) is 5.92 Å². The van der Waals surface area contributed by atoms with Crippen LogP contribution in [0.2, 0.25) is 0 Å². The molecule has 0 aromatic carbocycles. The maximum Gasteiger partial charge on any atom is 0.0917 e. The Morgan fingerprint density at radius 2 is 1.68 bits per heavy atom. The molecular weight excluding hydrogens is 272 g/mol. The predicted molar refractivity (Wildman–Crippen MR) is 93.7 cm³/mol. The molecule has 0 aromatic heterocycles. The lowest BCUT2D eigenvalue weighted by Crippen LogP contribution is -2.37. The Bertz CT molecular complexity index is 474. The van der Waals surface area contributed by atoms with Crippen LogP contribution in [-0.2, 0) is 0 Å². The fourth-order valence-corrected chi connectivity index (χ4v) is 2.67. The van der Waals surface area contributed by atoms with Gasteiger partial charge in [0.1, 0.15) is 0 Å². The van der Waals surface area contributed by atoms with Crippen molar-refractivity contribution in [1.29, 1.82) is 0 Å². The van der Waals surface area contributed by atoms with E-state index >= 15 is 0 Å². The van der Waals surface area contributed by atoms with E-state index in [0.29, 0.717) is 0 Å². The number of hydrogen-bond donors (Lipinski definition) is 2. The van der Waals surface area contributed by atoms with Crippen molar-refractivity contribution in [3.63, 3.8) is 0 Å². The molecular formula is C20H32O2. The largest absolute Gasteiger partial charge is 0.393 e. The molecule has 1 rings (SSSR count). The van der Waals surface area contributed by atoms with Crippen molar-refractivity contribution < 1.29 is 10.2 Å². The number of aliphatic hydroxyl groups excluding tert-OH is 1. The van der Waals surface area contributed by atoms with Gasteiger partial charge in [0.05, 0.1) is 12.2 Å². The molecule has 0 aromatic rings. The highest BCUT2D eigenvalue weighted by molar-refractivity contribution is 5.09. The zero-order chi connectivity index (χ0) is 16.6. The zero-order valence-corrected chi connectivity index (χ0v) is 14.7. The molecule has 1 aliphatic rings. The second kappa shape index (κ2) is 9.15. The van der Waals surface area contributed by atoms with Gasteiger partial charge in [-0.1, -0.05) is 23.3 Å². The van der Waals surface area contributed by atoms with Crippen molar-refractivity contribution >= 4 is 0 Å². The van der Waals surface area contributed by atoms with Gasteiger partial charge in [-0.3, -0.25) is 0 Å². The summed E-state index contributed by atoms with van der Waals surface area (Å²) in [6, 6.07) is 0. The van der Waals surface area contributed by atoms with Gasteiger partial charge in [0.15, 0.2) is 0 Å². The quantitative estimate of drug-likeness (QED) is 0.574. The highest BCUT2D eigenvalue weighted by Gasteiger charge is 2.28. The molecule has 0 heterocycles. The summed E-state index contributed by atoms with van der Waals surface area (Å²) in [6.45, 7) is 7.93. The molecule has 2 N–H and O–H groups in total. The molecule has 2 heteroatoms. The van der Waals surface area contributed by atoms with Crippen LogP contribution < -0.4 is 0 Å². The molecule has 124 valence electrons. The molecule has 2 unspecified atom stereocenters. The van der Waals surface area contributed by atoms with Crippen LogP contribution in [0.3, 0.4) is 0 Å². The first-order valence-electron chi connectivity index (χ1n) is 8.42. The van der Waals surface area contributed by atoms with E-state index in [-0.39, 0.29) is 12.5 Å². The molecule has 0 aliphatic heterocycles. The van der Waals surface area contributed by atoms with Crippen molar-refractivity contribution in [3.05, 3.63) is 40.7 Å². The fraction of sp³-hybridized carbons (Fsp3) is 0.650. The van der Waals surface area contributed by atoms with Gasteiger partial charge in [-0.15, -0.1) is 5.73 Å². The molecule has 0 fully saturated rings. The van der Waals surface area contributed by atoms with E-state index < -0.39 is 5.60 Å². The van der Waals surface area contributed by atoms with E-state index in [1.807, 2.05) is 6.08 Å². The van der Waals surface area contributed by atoms with E-state index in [9.17, 15) is 10.2 Å². The molecule has 0 radical (unpaired) electrons. The maximum absolute atomic E-state index is 10.4. The van der Waals surface area contributed by atoms with Gasteiger partial charge in [-0.05, 0) is 77.9 Å². The van der Waals surface area contributed by atoms with Gasteiger partial charge >= 0.3 is 0 Å². The number of allylic oxidation sites excluding steroid dienone is 4. The first-order valence-corrected chi connectivity index (χ1v) is 8.42. The van der Waals surface area contributed by atoms with Crippen molar-refractivity contribution in [2.75, 3.05) is 6.61 Å². The zero-order valence-electron chi connectivity index (χ0n) is 14.7. The molecule has 0 bridgehead atoms. The van der Waals surface area contributed by atoms with Gasteiger partial charge in [0.2, 0.25) is 0 Å². The first-order chi connectivity index (χ1) is 10.3. The Kier molecular flexibility index (Phi) is 7.89. The van der Waals surface area contributed by atoms with Crippen LogP contribution in [0, 0.1) is 5.92 Å². The van der Waals surface area contributed by atoms with Crippen molar-refractivity contribution in [1.82, 2.24) is 0 Å². The van der Waals surface area contributed by atoms with Crippen molar-refractivity contribution in [3.8, 4) is 0 Å². The Labute approximate surface area is 135 Å². The van der Waals surface area contributed by atoms with Crippen LogP contribution in [0.1, 0.15) is 66.2 Å². The summed E-state index contributed by atoms with van der Waals surface area (Å²) in [7, 11) is 0. The minimum Gasteiger partial charge on any atom is -0.393 e. The molecule has 0 amide bonds. The van der Waals surface area contributed by atoms with Gasteiger partial charge < -0.3 is 10.2 Å². The Morgan fingerprint density at radius 3 is 2.32 bits per heavy atom. The molecule has 0 saturated carbocycles. The third-order valence-corrected chi connectivity index (χ3v) is 4.54. The summed E-state index contributed by atoms with van der Waals surface area (Å²) >= 11 is 0. The standard InChI is InChI=1S/C20H32O2/c1-16-7-5-9-17(2)11-13-19(20(4,22)15-21)14-12-18(3)10-6-8-16/h7,10,13,19,21-22H,5-6,8-9,12,14-15H2,1-4H3/b16-7+,18-10+. The number of aliphatic hydroxyl groups is 2. The van der Waals surface area contributed by atoms with Crippen LogP contribution >= 0.6 is 0 Å². The second-order valence-corrected chi connectivity index (χ2v) is 6.93. The fourth-order valence-electron chi connectivity index (χ4n) is 2.67. The van der Waals surface area contributed by atoms with Gasteiger partial charge in [-0.25, -0.2) is 0 Å². The van der Waals surface area contributed by atoms with Crippen LogP contribution in [-0.4, -0.2) is 22.4 Å².